The van der Waals surface area contributed by atoms with Crippen molar-refractivity contribution in [3.05, 3.63) is 40.9 Å². The van der Waals surface area contributed by atoms with Gasteiger partial charge in [0.25, 0.3) is 0 Å². The van der Waals surface area contributed by atoms with Crippen LogP contribution in [0.4, 0.5) is 0 Å². The lowest BCUT2D eigenvalue weighted by Gasteiger charge is -2.28. The maximum atomic E-state index is 11.9. The highest BCUT2D eigenvalue weighted by Gasteiger charge is 2.20. The molecule has 2 heterocycles. The van der Waals surface area contributed by atoms with Gasteiger partial charge in [0.1, 0.15) is 0 Å². The van der Waals surface area contributed by atoms with Crippen molar-refractivity contribution in [2.45, 2.75) is 25.5 Å². The number of aliphatic hydroxyl groups is 1. The van der Waals surface area contributed by atoms with Crippen molar-refractivity contribution in [1.29, 1.82) is 0 Å². The topological polar surface area (TPSA) is 80.7 Å². The molecule has 1 unspecified atom stereocenters. The Bertz CT molecular complexity index is 707. The number of aromatic nitrogens is 2. The Hall–Kier alpha value is -1.96. The molecular weight excluding hydrogens is 322 g/mol. The smallest absolute Gasteiger partial charge is 0.390 e. The lowest BCUT2D eigenvalue weighted by Crippen LogP contribution is -2.37. The Morgan fingerprint density at radius 1 is 1.32 bits per heavy atom. The van der Waals surface area contributed by atoms with E-state index in [-0.39, 0.29) is 6.54 Å². The van der Waals surface area contributed by atoms with Crippen LogP contribution in [0, 0.1) is 5.92 Å². The molecule has 0 saturated carbocycles. The minimum atomic E-state index is -0.676. The van der Waals surface area contributed by atoms with Gasteiger partial charge in [-0.3, -0.25) is 9.09 Å². The van der Waals surface area contributed by atoms with Gasteiger partial charge in [0, 0.05) is 31.9 Å². The number of hydrogen-bond donors (Lipinski definition) is 1. The molecule has 0 amide bonds. The van der Waals surface area contributed by atoms with Crippen LogP contribution in [0.1, 0.15) is 12.8 Å². The minimum Gasteiger partial charge on any atom is -0.390 e. The SMILES string of the molecule is CN(CC(O)Cn1c(-c2ccccc2)noc1=O)CC1CCOCC1. The Morgan fingerprint density at radius 3 is 2.76 bits per heavy atom. The summed E-state index contributed by atoms with van der Waals surface area (Å²) in [4.78, 5) is 14.1. The van der Waals surface area contributed by atoms with E-state index in [1.54, 1.807) is 0 Å². The van der Waals surface area contributed by atoms with Crippen molar-refractivity contribution in [2.75, 3.05) is 33.4 Å². The number of hydrogen-bond acceptors (Lipinski definition) is 6. The molecule has 1 fully saturated rings. The Labute approximate surface area is 146 Å². The van der Waals surface area contributed by atoms with E-state index >= 15 is 0 Å². The first kappa shape index (κ1) is 17.8. The molecule has 1 saturated heterocycles. The third-order valence-corrected chi connectivity index (χ3v) is 4.54. The average Bonchev–Trinajstić information content (AvgIpc) is 2.97. The highest BCUT2D eigenvalue weighted by Crippen LogP contribution is 2.17. The predicted octanol–water partition coefficient (Wildman–Crippen LogP) is 1.22. The molecule has 7 heteroatoms. The van der Waals surface area contributed by atoms with Gasteiger partial charge in [0.2, 0.25) is 0 Å². The van der Waals surface area contributed by atoms with Crippen molar-refractivity contribution >= 4 is 0 Å². The van der Waals surface area contributed by atoms with Gasteiger partial charge in [0.05, 0.1) is 12.6 Å². The summed E-state index contributed by atoms with van der Waals surface area (Å²) in [5.41, 5.74) is 0.788. The number of ether oxygens (including phenoxy) is 1. The summed E-state index contributed by atoms with van der Waals surface area (Å²) in [5.74, 6) is 0.492. The largest absolute Gasteiger partial charge is 0.441 e. The van der Waals surface area contributed by atoms with Crippen LogP contribution in [0.15, 0.2) is 39.6 Å². The van der Waals surface area contributed by atoms with E-state index in [0.717, 1.165) is 38.2 Å². The molecule has 0 spiro atoms. The molecular formula is C18H25N3O4. The van der Waals surface area contributed by atoms with Gasteiger partial charge >= 0.3 is 5.76 Å². The third-order valence-electron chi connectivity index (χ3n) is 4.54. The zero-order chi connectivity index (χ0) is 17.6. The molecule has 1 atom stereocenters. The van der Waals surface area contributed by atoms with Gasteiger partial charge in [-0.2, -0.15) is 0 Å². The summed E-state index contributed by atoms with van der Waals surface area (Å²) in [6.45, 7) is 3.20. The van der Waals surface area contributed by atoms with Crippen LogP contribution in [0.3, 0.4) is 0 Å². The summed E-state index contributed by atoms with van der Waals surface area (Å²) in [5, 5.41) is 14.3. The average molecular weight is 347 g/mol. The van der Waals surface area contributed by atoms with Crippen molar-refractivity contribution in [1.82, 2.24) is 14.6 Å². The molecule has 1 aromatic heterocycles. The predicted molar refractivity (Wildman–Crippen MR) is 93.2 cm³/mol. The minimum absolute atomic E-state index is 0.157. The van der Waals surface area contributed by atoms with Crippen molar-refractivity contribution in [3.63, 3.8) is 0 Å². The molecule has 1 aromatic carbocycles. The lowest BCUT2D eigenvalue weighted by molar-refractivity contribution is 0.0458. The van der Waals surface area contributed by atoms with Gasteiger partial charge in [-0.15, -0.1) is 0 Å². The molecule has 0 aliphatic carbocycles. The van der Waals surface area contributed by atoms with Crippen molar-refractivity contribution in [2.24, 2.45) is 5.92 Å². The second kappa shape index (κ2) is 8.42. The van der Waals surface area contributed by atoms with Crippen LogP contribution in [0.2, 0.25) is 0 Å². The molecule has 3 rings (SSSR count). The molecule has 7 nitrogen and oxygen atoms in total. The summed E-state index contributed by atoms with van der Waals surface area (Å²) < 4.78 is 11.6. The van der Waals surface area contributed by atoms with E-state index in [9.17, 15) is 9.90 Å². The summed E-state index contributed by atoms with van der Waals surface area (Å²) in [6, 6.07) is 9.36. The number of aliphatic hydroxyl groups excluding tert-OH is 1. The first-order valence-electron chi connectivity index (χ1n) is 8.70. The van der Waals surface area contributed by atoms with E-state index in [1.165, 1.54) is 4.57 Å². The second-order valence-corrected chi connectivity index (χ2v) is 6.68. The van der Waals surface area contributed by atoms with E-state index in [4.69, 9.17) is 9.26 Å². The summed E-state index contributed by atoms with van der Waals surface area (Å²) in [6.07, 6.45) is 1.44. The molecule has 1 aliphatic heterocycles. The molecule has 25 heavy (non-hydrogen) atoms. The molecule has 1 aliphatic rings. The monoisotopic (exact) mass is 347 g/mol. The molecule has 136 valence electrons. The summed E-state index contributed by atoms with van der Waals surface area (Å²) >= 11 is 0. The first-order chi connectivity index (χ1) is 12.1. The standard InChI is InChI=1S/C18H25N3O4/c1-20(11-14-7-9-24-10-8-14)12-16(22)13-21-17(19-25-18(21)23)15-5-3-2-4-6-15/h2-6,14,16,22H,7-13H2,1H3. The van der Waals surface area contributed by atoms with Crippen LogP contribution < -0.4 is 5.76 Å². The van der Waals surface area contributed by atoms with Crippen molar-refractivity contribution in [3.8, 4) is 11.4 Å². The zero-order valence-corrected chi connectivity index (χ0v) is 14.5. The summed E-state index contributed by atoms with van der Waals surface area (Å²) in [7, 11) is 1.99. The van der Waals surface area contributed by atoms with E-state index < -0.39 is 11.9 Å². The lowest BCUT2D eigenvalue weighted by atomic mass is 10.00. The van der Waals surface area contributed by atoms with Crippen LogP contribution in [-0.2, 0) is 11.3 Å². The van der Waals surface area contributed by atoms with Gasteiger partial charge in [-0.1, -0.05) is 35.5 Å². The maximum Gasteiger partial charge on any atom is 0.441 e. The highest BCUT2D eigenvalue weighted by molar-refractivity contribution is 5.54. The molecule has 0 bridgehead atoms. The zero-order valence-electron chi connectivity index (χ0n) is 14.5. The normalized spacial score (nSPS) is 17.1. The van der Waals surface area contributed by atoms with Gasteiger partial charge in [0.15, 0.2) is 5.82 Å². The molecule has 0 radical (unpaired) electrons. The van der Waals surface area contributed by atoms with Crippen LogP contribution in [0.25, 0.3) is 11.4 Å². The van der Waals surface area contributed by atoms with E-state index in [2.05, 4.69) is 10.1 Å². The van der Waals surface area contributed by atoms with Gasteiger partial charge in [-0.05, 0) is 25.8 Å². The number of rotatable bonds is 7. The quantitative estimate of drug-likeness (QED) is 0.811. The second-order valence-electron chi connectivity index (χ2n) is 6.68. The van der Waals surface area contributed by atoms with E-state index in [1.807, 2.05) is 37.4 Å². The van der Waals surface area contributed by atoms with Crippen molar-refractivity contribution < 1.29 is 14.4 Å². The fourth-order valence-corrected chi connectivity index (χ4v) is 3.30. The Balaban J connectivity index is 1.60. The van der Waals surface area contributed by atoms with Gasteiger partial charge < -0.3 is 14.7 Å². The van der Waals surface area contributed by atoms with Gasteiger partial charge in [-0.25, -0.2) is 4.79 Å². The van der Waals surface area contributed by atoms with Crippen LogP contribution in [0.5, 0.6) is 0 Å². The highest BCUT2D eigenvalue weighted by atomic mass is 16.5. The first-order valence-corrected chi connectivity index (χ1v) is 8.70. The number of likely N-dealkylation sites (N-methyl/N-ethyl adjacent to an activating group) is 1. The Kier molecular flexibility index (Phi) is 6.01. The van der Waals surface area contributed by atoms with Crippen LogP contribution >= 0.6 is 0 Å². The maximum absolute atomic E-state index is 11.9. The Morgan fingerprint density at radius 2 is 2.04 bits per heavy atom. The molecule has 1 N–H and O–H groups in total. The number of nitrogens with zero attached hydrogens (tertiary/aromatic N) is 3. The third kappa shape index (κ3) is 4.78. The fraction of sp³-hybridized carbons (Fsp3) is 0.556. The van der Waals surface area contributed by atoms with E-state index in [0.29, 0.717) is 18.3 Å². The fourth-order valence-electron chi connectivity index (χ4n) is 3.30. The number of benzene rings is 1. The van der Waals surface area contributed by atoms with Crippen LogP contribution in [-0.4, -0.2) is 59.2 Å². The molecule has 2 aromatic rings.